The van der Waals surface area contributed by atoms with Crippen molar-refractivity contribution in [2.75, 3.05) is 13.2 Å². The summed E-state index contributed by atoms with van der Waals surface area (Å²) >= 11 is 3.53. The number of alkyl halides is 1. The molecule has 148 valence electrons. The number of benzene rings is 2. The smallest absolute Gasteiger partial charge is 0.226 e. The van der Waals surface area contributed by atoms with E-state index in [9.17, 15) is 0 Å². The third-order valence-electron chi connectivity index (χ3n) is 4.45. The zero-order valence-corrected chi connectivity index (χ0v) is 17.9. The summed E-state index contributed by atoms with van der Waals surface area (Å²) in [6.45, 7) is 5.24. The van der Waals surface area contributed by atoms with Crippen LogP contribution in [-0.2, 0) is 17.6 Å². The summed E-state index contributed by atoms with van der Waals surface area (Å²) in [5, 5.41) is 0.111. The van der Waals surface area contributed by atoms with Gasteiger partial charge in [0.15, 0.2) is 0 Å². The summed E-state index contributed by atoms with van der Waals surface area (Å²) in [4.78, 5) is 4.62. The molecule has 0 bridgehead atoms. The van der Waals surface area contributed by atoms with Crippen molar-refractivity contribution in [3.63, 3.8) is 0 Å². The molecule has 0 radical (unpaired) electrons. The Morgan fingerprint density at radius 2 is 1.79 bits per heavy atom. The van der Waals surface area contributed by atoms with Crippen LogP contribution in [-0.4, -0.2) is 23.2 Å². The molecule has 0 aliphatic heterocycles. The van der Waals surface area contributed by atoms with Crippen molar-refractivity contribution in [3.05, 3.63) is 71.6 Å². The maximum Gasteiger partial charge on any atom is 0.226 e. The van der Waals surface area contributed by atoms with Gasteiger partial charge in [-0.25, -0.2) is 4.98 Å². The van der Waals surface area contributed by atoms with E-state index in [-0.39, 0.29) is 5.01 Å². The lowest BCUT2D eigenvalue weighted by atomic mass is 10.1. The van der Waals surface area contributed by atoms with Gasteiger partial charge in [0, 0.05) is 18.6 Å². The van der Waals surface area contributed by atoms with Gasteiger partial charge in [-0.3, -0.25) is 0 Å². The standard InChI is InChI=1S/C23H26BrNO3/c1-3-26-22(24)14-11-18-9-12-20(13-10-18)27-16-15-21-17(2)28-23(25-21)19-7-5-4-6-8-19/h4-10,12-13,22H,3,11,14-16H2,1-2H3/t22-/m1/s1. The van der Waals surface area contributed by atoms with Gasteiger partial charge in [0.05, 0.1) is 12.3 Å². The highest BCUT2D eigenvalue weighted by atomic mass is 79.9. The number of nitrogens with zero attached hydrogens (tertiary/aromatic N) is 1. The maximum atomic E-state index is 5.88. The van der Waals surface area contributed by atoms with Crippen LogP contribution >= 0.6 is 15.9 Å². The fourth-order valence-electron chi connectivity index (χ4n) is 2.93. The molecule has 0 N–H and O–H groups in total. The fraction of sp³-hybridized carbons (Fsp3) is 0.348. The number of aryl methyl sites for hydroxylation is 2. The van der Waals surface area contributed by atoms with Gasteiger partial charge < -0.3 is 13.9 Å². The number of rotatable bonds is 10. The molecule has 0 saturated carbocycles. The van der Waals surface area contributed by atoms with E-state index in [0.717, 1.165) is 42.2 Å². The minimum absolute atomic E-state index is 0.111. The third kappa shape index (κ3) is 5.94. The summed E-state index contributed by atoms with van der Waals surface area (Å²) in [6.07, 6.45) is 2.63. The number of ether oxygens (including phenoxy) is 2. The monoisotopic (exact) mass is 443 g/mol. The van der Waals surface area contributed by atoms with Crippen LogP contribution in [0.15, 0.2) is 59.0 Å². The zero-order chi connectivity index (χ0) is 19.8. The molecule has 0 fully saturated rings. The molecule has 0 aliphatic carbocycles. The van der Waals surface area contributed by atoms with Crippen molar-refractivity contribution in [1.29, 1.82) is 0 Å². The van der Waals surface area contributed by atoms with E-state index in [1.165, 1.54) is 5.56 Å². The summed E-state index contributed by atoms with van der Waals surface area (Å²) < 4.78 is 17.2. The molecule has 28 heavy (non-hydrogen) atoms. The Labute approximate surface area is 175 Å². The Kier molecular flexibility index (Phi) is 7.69. The van der Waals surface area contributed by atoms with Crippen LogP contribution < -0.4 is 4.74 Å². The van der Waals surface area contributed by atoms with Crippen molar-refractivity contribution >= 4 is 15.9 Å². The molecule has 3 aromatic rings. The molecule has 5 heteroatoms. The van der Waals surface area contributed by atoms with E-state index in [1.807, 2.05) is 56.3 Å². The second-order valence-corrected chi connectivity index (χ2v) is 7.56. The molecular weight excluding hydrogens is 418 g/mol. The summed E-state index contributed by atoms with van der Waals surface area (Å²) in [7, 11) is 0. The SMILES string of the molecule is CCO[C@@H](Br)CCc1ccc(OCCc2nc(-c3ccccc3)oc2C)cc1. The highest BCUT2D eigenvalue weighted by Crippen LogP contribution is 2.22. The zero-order valence-electron chi connectivity index (χ0n) is 16.4. The number of halogens is 1. The Hall–Kier alpha value is -2.11. The van der Waals surface area contributed by atoms with Crippen molar-refractivity contribution in [2.45, 2.75) is 38.1 Å². The van der Waals surface area contributed by atoms with Gasteiger partial charge in [-0.1, -0.05) is 46.3 Å². The van der Waals surface area contributed by atoms with Crippen molar-refractivity contribution in [1.82, 2.24) is 4.98 Å². The molecule has 0 unspecified atom stereocenters. The van der Waals surface area contributed by atoms with E-state index < -0.39 is 0 Å². The first-order chi connectivity index (χ1) is 13.7. The first-order valence-corrected chi connectivity index (χ1v) is 10.6. The van der Waals surface area contributed by atoms with Gasteiger partial charge in [-0.15, -0.1) is 0 Å². The van der Waals surface area contributed by atoms with Crippen LogP contribution in [0.2, 0.25) is 0 Å². The van der Waals surface area contributed by atoms with Crippen molar-refractivity contribution in [2.24, 2.45) is 0 Å². The fourth-order valence-corrected chi connectivity index (χ4v) is 3.42. The van der Waals surface area contributed by atoms with Gasteiger partial charge in [0.25, 0.3) is 0 Å². The van der Waals surface area contributed by atoms with Crippen LogP contribution in [0.4, 0.5) is 0 Å². The van der Waals surface area contributed by atoms with Gasteiger partial charge in [-0.05, 0) is 56.5 Å². The number of oxazole rings is 1. The van der Waals surface area contributed by atoms with Crippen LogP contribution in [0, 0.1) is 6.92 Å². The largest absolute Gasteiger partial charge is 0.493 e. The van der Waals surface area contributed by atoms with Crippen LogP contribution in [0.25, 0.3) is 11.5 Å². The second kappa shape index (κ2) is 10.4. The van der Waals surface area contributed by atoms with E-state index in [1.54, 1.807) is 0 Å². The third-order valence-corrected chi connectivity index (χ3v) is 5.17. The van der Waals surface area contributed by atoms with E-state index in [0.29, 0.717) is 18.9 Å². The van der Waals surface area contributed by atoms with Crippen LogP contribution in [0.3, 0.4) is 0 Å². The van der Waals surface area contributed by atoms with Gasteiger partial charge in [0.2, 0.25) is 5.89 Å². The first kappa shape index (κ1) is 20.6. The lowest BCUT2D eigenvalue weighted by Crippen LogP contribution is -2.05. The van der Waals surface area contributed by atoms with Crippen LogP contribution in [0.1, 0.15) is 30.4 Å². The second-order valence-electron chi connectivity index (χ2n) is 6.53. The lowest BCUT2D eigenvalue weighted by Gasteiger charge is -2.10. The van der Waals surface area contributed by atoms with E-state index >= 15 is 0 Å². The Morgan fingerprint density at radius 3 is 2.50 bits per heavy atom. The molecule has 1 heterocycles. The van der Waals surface area contributed by atoms with Gasteiger partial charge in [0.1, 0.15) is 16.5 Å². The topological polar surface area (TPSA) is 44.5 Å². The molecule has 0 saturated heterocycles. The van der Waals surface area contributed by atoms with E-state index in [2.05, 4.69) is 33.0 Å². The molecule has 2 aromatic carbocycles. The predicted octanol–water partition coefficient (Wildman–Crippen LogP) is 5.96. The molecule has 4 nitrogen and oxygen atoms in total. The molecule has 0 spiro atoms. The summed E-state index contributed by atoms with van der Waals surface area (Å²) in [5.41, 5.74) is 3.20. The average molecular weight is 444 g/mol. The number of hydrogen-bond donors (Lipinski definition) is 0. The Morgan fingerprint density at radius 1 is 1.04 bits per heavy atom. The predicted molar refractivity (Wildman–Crippen MR) is 115 cm³/mol. The highest BCUT2D eigenvalue weighted by molar-refractivity contribution is 9.09. The molecule has 0 amide bonds. The summed E-state index contributed by atoms with van der Waals surface area (Å²) in [6, 6.07) is 18.2. The minimum atomic E-state index is 0.111. The molecular formula is C23H26BrNO3. The quantitative estimate of drug-likeness (QED) is 0.362. The summed E-state index contributed by atoms with van der Waals surface area (Å²) in [5.74, 6) is 2.37. The number of aromatic nitrogens is 1. The Balaban J connectivity index is 1.48. The van der Waals surface area contributed by atoms with Gasteiger partial charge >= 0.3 is 0 Å². The first-order valence-electron chi connectivity index (χ1n) is 9.65. The molecule has 3 rings (SSSR count). The number of hydrogen-bond acceptors (Lipinski definition) is 4. The van der Waals surface area contributed by atoms with Gasteiger partial charge in [-0.2, -0.15) is 0 Å². The maximum absolute atomic E-state index is 5.88. The molecule has 1 atom stereocenters. The van der Waals surface area contributed by atoms with Crippen molar-refractivity contribution < 1.29 is 13.9 Å². The normalized spacial score (nSPS) is 12.1. The molecule has 0 aliphatic rings. The van der Waals surface area contributed by atoms with Crippen LogP contribution in [0.5, 0.6) is 5.75 Å². The van der Waals surface area contributed by atoms with E-state index in [4.69, 9.17) is 13.9 Å². The van der Waals surface area contributed by atoms with Crippen molar-refractivity contribution in [3.8, 4) is 17.2 Å². The highest BCUT2D eigenvalue weighted by Gasteiger charge is 2.11. The average Bonchev–Trinajstić information content (AvgIpc) is 3.09. The molecule has 1 aromatic heterocycles. The lowest BCUT2D eigenvalue weighted by molar-refractivity contribution is 0.124. The Bertz CT molecular complexity index is 846. The minimum Gasteiger partial charge on any atom is -0.493 e.